The first-order valence-electron chi connectivity index (χ1n) is 5.40. The van der Waals surface area contributed by atoms with E-state index in [1.54, 1.807) is 24.4 Å². The summed E-state index contributed by atoms with van der Waals surface area (Å²) in [6, 6.07) is 8.05. The number of aromatic nitrogens is 1. The lowest BCUT2D eigenvalue weighted by Crippen LogP contribution is -2.04. The normalized spacial score (nSPS) is 10.7. The molecule has 0 spiro atoms. The molecule has 2 heterocycles. The van der Waals surface area contributed by atoms with Gasteiger partial charge < -0.3 is 9.52 Å². The fourth-order valence-corrected chi connectivity index (χ4v) is 1.82. The van der Waals surface area contributed by atoms with Gasteiger partial charge in [-0.3, -0.25) is 9.78 Å². The van der Waals surface area contributed by atoms with Crippen molar-refractivity contribution in [1.82, 2.24) is 4.98 Å². The number of nitrogens with zero attached hydrogens (tertiary/aromatic N) is 1. The van der Waals surface area contributed by atoms with Crippen molar-refractivity contribution in [3.8, 4) is 16.9 Å². The molecule has 0 atom stereocenters. The first-order valence-corrected chi connectivity index (χ1v) is 5.40. The van der Waals surface area contributed by atoms with Gasteiger partial charge in [-0.1, -0.05) is 12.1 Å². The van der Waals surface area contributed by atoms with Crippen LogP contribution < -0.4 is 5.43 Å². The molecule has 3 rings (SSSR count). The second-order valence-corrected chi connectivity index (χ2v) is 3.90. The molecular formula is C14H9NO3. The van der Waals surface area contributed by atoms with Crippen LogP contribution in [0.3, 0.4) is 0 Å². The van der Waals surface area contributed by atoms with Crippen molar-refractivity contribution < 1.29 is 9.52 Å². The van der Waals surface area contributed by atoms with E-state index in [9.17, 15) is 9.90 Å². The number of hydrogen-bond donors (Lipinski definition) is 1. The van der Waals surface area contributed by atoms with Gasteiger partial charge in [-0.15, -0.1) is 0 Å². The minimum atomic E-state index is -0.130. The molecule has 4 heteroatoms. The number of aromatic hydroxyl groups is 1. The lowest BCUT2D eigenvalue weighted by molar-refractivity contribution is 0.475. The van der Waals surface area contributed by atoms with E-state index in [1.165, 1.54) is 24.6 Å². The zero-order chi connectivity index (χ0) is 12.5. The summed E-state index contributed by atoms with van der Waals surface area (Å²) in [5.74, 6) is 0.158. The smallest absolute Gasteiger partial charge is 0.202 e. The molecule has 4 nitrogen and oxygen atoms in total. The van der Waals surface area contributed by atoms with E-state index in [-0.39, 0.29) is 11.2 Å². The molecule has 18 heavy (non-hydrogen) atoms. The van der Waals surface area contributed by atoms with E-state index in [2.05, 4.69) is 4.98 Å². The summed E-state index contributed by atoms with van der Waals surface area (Å²) in [5.41, 5.74) is 1.54. The van der Waals surface area contributed by atoms with Crippen molar-refractivity contribution in [3.05, 3.63) is 59.2 Å². The number of benzene rings is 1. The van der Waals surface area contributed by atoms with Crippen LogP contribution in [0, 0.1) is 0 Å². The zero-order valence-corrected chi connectivity index (χ0v) is 9.33. The topological polar surface area (TPSA) is 63.3 Å². The molecule has 0 aliphatic carbocycles. The molecule has 0 radical (unpaired) electrons. The Morgan fingerprint density at radius 3 is 2.67 bits per heavy atom. The molecule has 3 aromatic rings. The fraction of sp³-hybridized carbons (Fsp3) is 0. The minimum Gasteiger partial charge on any atom is -0.508 e. The van der Waals surface area contributed by atoms with Gasteiger partial charge in [0.05, 0.1) is 10.9 Å². The van der Waals surface area contributed by atoms with E-state index in [4.69, 9.17) is 4.42 Å². The second-order valence-electron chi connectivity index (χ2n) is 3.90. The maximum Gasteiger partial charge on any atom is 0.202 e. The number of phenolic OH excluding ortho intramolecular Hbond substituents is 1. The maximum absolute atomic E-state index is 12.3. The molecular weight excluding hydrogens is 230 g/mol. The van der Waals surface area contributed by atoms with Gasteiger partial charge in [0.15, 0.2) is 0 Å². The lowest BCUT2D eigenvalue weighted by Gasteiger charge is -2.02. The SMILES string of the molecule is O=c1c(-c2ccc(O)cc2)coc2ccncc12. The molecule has 0 saturated carbocycles. The van der Waals surface area contributed by atoms with Crippen molar-refractivity contribution in [3.63, 3.8) is 0 Å². The third-order valence-electron chi connectivity index (χ3n) is 2.75. The molecule has 0 aliphatic rings. The van der Waals surface area contributed by atoms with Crippen LogP contribution in [0.25, 0.3) is 22.1 Å². The second kappa shape index (κ2) is 4.00. The number of phenols is 1. The Bertz CT molecular complexity index is 760. The average Bonchev–Trinajstić information content (AvgIpc) is 2.41. The van der Waals surface area contributed by atoms with Gasteiger partial charge in [0.25, 0.3) is 0 Å². The van der Waals surface area contributed by atoms with Gasteiger partial charge >= 0.3 is 0 Å². The molecule has 1 aromatic carbocycles. The Morgan fingerprint density at radius 1 is 1.11 bits per heavy atom. The first-order chi connectivity index (χ1) is 8.75. The van der Waals surface area contributed by atoms with Crippen LogP contribution in [0.4, 0.5) is 0 Å². The van der Waals surface area contributed by atoms with E-state index in [0.717, 1.165) is 0 Å². The van der Waals surface area contributed by atoms with E-state index >= 15 is 0 Å². The Hall–Kier alpha value is -2.62. The Labute approximate surface area is 102 Å². The highest BCUT2D eigenvalue weighted by Crippen LogP contribution is 2.21. The molecule has 0 aliphatic heterocycles. The van der Waals surface area contributed by atoms with Crippen molar-refractivity contribution in [1.29, 1.82) is 0 Å². The average molecular weight is 239 g/mol. The summed E-state index contributed by atoms with van der Waals surface area (Å²) in [6.07, 6.45) is 4.49. The predicted octanol–water partition coefficient (Wildman–Crippen LogP) is 2.56. The summed E-state index contributed by atoms with van der Waals surface area (Å²) < 4.78 is 5.41. The zero-order valence-electron chi connectivity index (χ0n) is 9.33. The van der Waals surface area contributed by atoms with Crippen LogP contribution in [0.1, 0.15) is 0 Å². The van der Waals surface area contributed by atoms with Gasteiger partial charge in [-0.2, -0.15) is 0 Å². The summed E-state index contributed by atoms with van der Waals surface area (Å²) in [7, 11) is 0. The summed E-state index contributed by atoms with van der Waals surface area (Å²) in [6.45, 7) is 0. The van der Waals surface area contributed by atoms with Crippen LogP contribution in [0.5, 0.6) is 5.75 Å². The molecule has 0 unspecified atom stereocenters. The maximum atomic E-state index is 12.3. The largest absolute Gasteiger partial charge is 0.508 e. The van der Waals surface area contributed by atoms with Crippen LogP contribution in [-0.2, 0) is 0 Å². The van der Waals surface area contributed by atoms with Crippen molar-refractivity contribution in [2.75, 3.05) is 0 Å². The molecule has 1 N–H and O–H groups in total. The number of rotatable bonds is 1. The highest BCUT2D eigenvalue weighted by molar-refractivity contribution is 5.80. The van der Waals surface area contributed by atoms with E-state index in [1.807, 2.05) is 0 Å². The minimum absolute atomic E-state index is 0.130. The van der Waals surface area contributed by atoms with E-state index < -0.39 is 0 Å². The van der Waals surface area contributed by atoms with Crippen LogP contribution in [0.15, 0.2) is 58.2 Å². The molecule has 2 aromatic heterocycles. The molecule has 0 bridgehead atoms. The van der Waals surface area contributed by atoms with Crippen molar-refractivity contribution in [2.24, 2.45) is 0 Å². The van der Waals surface area contributed by atoms with Crippen molar-refractivity contribution in [2.45, 2.75) is 0 Å². The van der Waals surface area contributed by atoms with Gasteiger partial charge in [-0.05, 0) is 23.8 Å². The quantitative estimate of drug-likeness (QED) is 0.708. The Kier molecular flexibility index (Phi) is 2.34. The van der Waals surface area contributed by atoms with Gasteiger partial charge in [-0.25, -0.2) is 0 Å². The highest BCUT2D eigenvalue weighted by Gasteiger charge is 2.08. The van der Waals surface area contributed by atoms with E-state index in [0.29, 0.717) is 22.1 Å². The number of hydrogen-bond acceptors (Lipinski definition) is 4. The Morgan fingerprint density at radius 2 is 1.89 bits per heavy atom. The van der Waals surface area contributed by atoms with Gasteiger partial charge in [0.1, 0.15) is 17.6 Å². The monoisotopic (exact) mass is 239 g/mol. The summed E-state index contributed by atoms with van der Waals surface area (Å²) >= 11 is 0. The lowest BCUT2D eigenvalue weighted by atomic mass is 10.1. The third kappa shape index (κ3) is 1.64. The van der Waals surface area contributed by atoms with Crippen LogP contribution >= 0.6 is 0 Å². The van der Waals surface area contributed by atoms with Gasteiger partial charge in [0, 0.05) is 12.4 Å². The predicted molar refractivity (Wildman–Crippen MR) is 67.4 cm³/mol. The molecule has 88 valence electrons. The summed E-state index contributed by atoms with van der Waals surface area (Å²) in [5, 5.41) is 9.68. The standard InChI is InChI=1S/C14H9NO3/c16-10-3-1-9(2-4-10)12-8-18-13-5-6-15-7-11(13)14(12)17/h1-8,16H. The fourth-order valence-electron chi connectivity index (χ4n) is 1.82. The molecule has 0 fully saturated rings. The number of fused-ring (bicyclic) bond motifs is 1. The first kappa shape index (κ1) is 10.5. The van der Waals surface area contributed by atoms with Crippen LogP contribution in [0.2, 0.25) is 0 Å². The molecule has 0 saturated heterocycles. The summed E-state index contributed by atoms with van der Waals surface area (Å²) in [4.78, 5) is 16.2. The highest BCUT2D eigenvalue weighted by atomic mass is 16.3. The Balaban J connectivity index is 2.27. The third-order valence-corrected chi connectivity index (χ3v) is 2.75. The number of pyridine rings is 1. The van der Waals surface area contributed by atoms with Crippen molar-refractivity contribution >= 4 is 11.0 Å². The van der Waals surface area contributed by atoms with Gasteiger partial charge in [0.2, 0.25) is 5.43 Å². The molecule has 0 amide bonds. The van der Waals surface area contributed by atoms with Crippen LogP contribution in [-0.4, -0.2) is 10.1 Å².